The highest BCUT2D eigenvalue weighted by Gasteiger charge is 2.36. The average molecular weight is 482 g/mol. The summed E-state index contributed by atoms with van der Waals surface area (Å²) >= 11 is 0. The van der Waals surface area contributed by atoms with E-state index in [0.29, 0.717) is 23.9 Å². The molecule has 1 amide bonds. The first kappa shape index (κ1) is 24.1. The summed E-state index contributed by atoms with van der Waals surface area (Å²) in [6, 6.07) is 12.9. The smallest absolute Gasteiger partial charge is 0.275 e. The summed E-state index contributed by atoms with van der Waals surface area (Å²) in [7, 11) is -3.16. The summed E-state index contributed by atoms with van der Waals surface area (Å²) in [5, 5.41) is 5.91. The zero-order valence-electron chi connectivity index (χ0n) is 20.1. The zero-order chi connectivity index (χ0) is 24.6. The Morgan fingerprint density at radius 2 is 1.88 bits per heavy atom. The molecule has 0 aliphatic carbocycles. The van der Waals surface area contributed by atoms with Crippen LogP contribution in [0.25, 0.3) is 22.0 Å². The molecule has 1 saturated heterocycles. The molecule has 0 spiro atoms. The molecule has 7 nitrogen and oxygen atoms in total. The second-order valence-electron chi connectivity index (χ2n) is 9.29. The number of rotatable bonds is 6. The molecule has 1 aliphatic heterocycles. The lowest BCUT2D eigenvalue weighted by Crippen LogP contribution is -2.48. The second-order valence-corrected chi connectivity index (χ2v) is 11.5. The first-order chi connectivity index (χ1) is 16.1. The van der Waals surface area contributed by atoms with E-state index in [-0.39, 0.29) is 41.6 Å². The summed E-state index contributed by atoms with van der Waals surface area (Å²) < 4.78 is 25.4. The third-order valence-corrected chi connectivity index (χ3v) is 8.51. The number of sulfone groups is 1. The van der Waals surface area contributed by atoms with Gasteiger partial charge in [0, 0.05) is 23.0 Å². The first-order valence-electron chi connectivity index (χ1n) is 11.7. The zero-order valence-corrected chi connectivity index (χ0v) is 20.9. The molecular formula is C26H31N3O4S. The van der Waals surface area contributed by atoms with Gasteiger partial charge in [0.2, 0.25) is 5.91 Å². The molecule has 0 radical (unpaired) electrons. The number of amides is 1. The number of fused-ring (bicyclic) bond motifs is 1. The van der Waals surface area contributed by atoms with E-state index >= 15 is 0 Å². The molecule has 2 aromatic carbocycles. The highest BCUT2D eigenvalue weighted by atomic mass is 32.2. The lowest BCUT2D eigenvalue weighted by Gasteiger charge is -2.33. The second kappa shape index (κ2) is 9.33. The maximum Gasteiger partial charge on any atom is 0.275 e. The molecule has 4 rings (SSSR count). The van der Waals surface area contributed by atoms with E-state index in [1.54, 1.807) is 17.0 Å². The van der Waals surface area contributed by atoms with Crippen LogP contribution in [-0.2, 0) is 21.2 Å². The topological polar surface area (TPSA) is 89.3 Å². The Balaban J connectivity index is 1.80. The third-order valence-electron chi connectivity index (χ3n) is 6.76. The van der Waals surface area contributed by atoms with E-state index in [2.05, 4.69) is 5.10 Å². The monoisotopic (exact) mass is 481 g/mol. The lowest BCUT2D eigenvalue weighted by atomic mass is 9.99. The van der Waals surface area contributed by atoms with Crippen LogP contribution < -0.4 is 5.56 Å². The van der Waals surface area contributed by atoms with Crippen molar-refractivity contribution in [2.24, 2.45) is 0 Å². The Hall–Kier alpha value is -3.00. The van der Waals surface area contributed by atoms with Crippen molar-refractivity contribution in [1.82, 2.24) is 14.7 Å². The van der Waals surface area contributed by atoms with Crippen molar-refractivity contribution in [3.05, 3.63) is 63.9 Å². The lowest BCUT2D eigenvalue weighted by molar-refractivity contribution is -0.136. The number of hydrogen-bond acceptors (Lipinski definition) is 5. The van der Waals surface area contributed by atoms with E-state index in [1.165, 1.54) is 4.68 Å². The highest BCUT2D eigenvalue weighted by molar-refractivity contribution is 7.91. The Morgan fingerprint density at radius 3 is 2.53 bits per heavy atom. The fourth-order valence-electron chi connectivity index (χ4n) is 4.74. The Bertz CT molecular complexity index is 1410. The van der Waals surface area contributed by atoms with Crippen molar-refractivity contribution in [3.63, 3.8) is 0 Å². The fraction of sp³-hybridized carbons (Fsp3) is 0.423. The number of carbonyl (C=O) groups excluding carboxylic acids is 1. The largest absolute Gasteiger partial charge is 0.334 e. The summed E-state index contributed by atoms with van der Waals surface area (Å²) in [5.74, 6) is -0.229. The molecule has 2 unspecified atom stereocenters. The summed E-state index contributed by atoms with van der Waals surface area (Å²) in [5.41, 5.74) is 3.34. The van der Waals surface area contributed by atoms with E-state index in [4.69, 9.17) is 0 Å². The van der Waals surface area contributed by atoms with Crippen LogP contribution in [0.5, 0.6) is 0 Å². The number of aryl methyl sites for hydroxylation is 2. The number of aromatic nitrogens is 2. The number of carbonyl (C=O) groups is 1. The number of hydrogen-bond donors (Lipinski definition) is 0. The molecule has 3 aromatic rings. The van der Waals surface area contributed by atoms with Gasteiger partial charge in [0.1, 0.15) is 6.54 Å². The van der Waals surface area contributed by atoms with E-state index in [9.17, 15) is 18.0 Å². The van der Waals surface area contributed by atoms with Crippen LogP contribution in [0.2, 0.25) is 0 Å². The van der Waals surface area contributed by atoms with Crippen LogP contribution in [0.4, 0.5) is 0 Å². The molecule has 1 aliphatic rings. The molecule has 8 heteroatoms. The van der Waals surface area contributed by atoms with Gasteiger partial charge in [0.05, 0.1) is 22.6 Å². The predicted octanol–water partition coefficient (Wildman–Crippen LogP) is 3.49. The quantitative estimate of drug-likeness (QED) is 0.538. The van der Waals surface area contributed by atoms with Gasteiger partial charge in [-0.2, -0.15) is 5.10 Å². The van der Waals surface area contributed by atoms with E-state index in [1.807, 2.05) is 58.0 Å². The third kappa shape index (κ3) is 4.64. The first-order valence-corrected chi connectivity index (χ1v) is 13.5. The molecule has 0 N–H and O–H groups in total. The summed E-state index contributed by atoms with van der Waals surface area (Å²) in [6.07, 6.45) is 1.11. The van der Waals surface area contributed by atoms with Gasteiger partial charge in [-0.1, -0.05) is 42.8 Å². The van der Waals surface area contributed by atoms with Crippen LogP contribution in [0.1, 0.15) is 37.8 Å². The minimum Gasteiger partial charge on any atom is -0.334 e. The van der Waals surface area contributed by atoms with Gasteiger partial charge in [-0.3, -0.25) is 9.59 Å². The van der Waals surface area contributed by atoms with Crippen LogP contribution >= 0.6 is 0 Å². The standard InChI is InChI=1S/C26H31N3O4S/c1-5-19(4)29(20-12-13-34(32,33)16-20)24(30)15-28-26(31)22-9-7-6-8-21(22)25(27-28)23-14-17(2)10-11-18(23)3/h6-11,14,19-20H,5,12-13,15-16H2,1-4H3. The van der Waals surface area contributed by atoms with Crippen molar-refractivity contribution in [2.45, 2.75) is 59.2 Å². The molecular weight excluding hydrogens is 450 g/mol. The van der Waals surface area contributed by atoms with Crippen LogP contribution in [0.3, 0.4) is 0 Å². The van der Waals surface area contributed by atoms with Crippen molar-refractivity contribution >= 4 is 26.5 Å². The maximum absolute atomic E-state index is 13.5. The van der Waals surface area contributed by atoms with Crippen molar-refractivity contribution in [2.75, 3.05) is 11.5 Å². The van der Waals surface area contributed by atoms with Gasteiger partial charge in [0.15, 0.2) is 9.84 Å². The predicted molar refractivity (Wildman–Crippen MR) is 135 cm³/mol. The molecule has 180 valence electrons. The van der Waals surface area contributed by atoms with E-state index in [0.717, 1.165) is 22.1 Å². The van der Waals surface area contributed by atoms with Crippen LogP contribution in [0.15, 0.2) is 47.3 Å². The minimum atomic E-state index is -3.16. The molecule has 0 saturated carbocycles. The van der Waals surface area contributed by atoms with Crippen LogP contribution in [0, 0.1) is 13.8 Å². The minimum absolute atomic E-state index is 0.0309. The molecule has 1 fully saturated rings. The Labute approximate surface area is 200 Å². The normalized spacial score (nSPS) is 18.2. The summed E-state index contributed by atoms with van der Waals surface area (Å²) in [4.78, 5) is 28.5. The summed E-state index contributed by atoms with van der Waals surface area (Å²) in [6.45, 7) is 7.65. The van der Waals surface area contributed by atoms with Crippen molar-refractivity contribution < 1.29 is 13.2 Å². The molecule has 0 bridgehead atoms. The molecule has 2 heterocycles. The van der Waals surface area contributed by atoms with E-state index < -0.39 is 9.84 Å². The molecule has 2 atom stereocenters. The van der Waals surface area contributed by atoms with Gasteiger partial charge < -0.3 is 4.90 Å². The molecule has 1 aromatic heterocycles. The van der Waals surface area contributed by atoms with Gasteiger partial charge in [-0.05, 0) is 51.3 Å². The highest BCUT2D eigenvalue weighted by Crippen LogP contribution is 2.28. The van der Waals surface area contributed by atoms with Crippen molar-refractivity contribution in [3.8, 4) is 11.3 Å². The SMILES string of the molecule is CCC(C)N(C(=O)Cn1nc(-c2cc(C)ccc2C)c2ccccc2c1=O)C1CCS(=O)(=O)C1. The molecule has 34 heavy (non-hydrogen) atoms. The fourth-order valence-corrected chi connectivity index (χ4v) is 6.45. The van der Waals surface area contributed by atoms with Gasteiger partial charge in [-0.25, -0.2) is 13.1 Å². The number of nitrogens with zero attached hydrogens (tertiary/aromatic N) is 3. The number of benzene rings is 2. The van der Waals surface area contributed by atoms with Gasteiger partial charge in [-0.15, -0.1) is 0 Å². The Morgan fingerprint density at radius 1 is 1.18 bits per heavy atom. The van der Waals surface area contributed by atoms with Gasteiger partial charge in [0.25, 0.3) is 5.56 Å². The average Bonchev–Trinajstić information content (AvgIpc) is 3.16. The van der Waals surface area contributed by atoms with Crippen LogP contribution in [-0.4, -0.2) is 52.6 Å². The Kier molecular flexibility index (Phi) is 6.62. The maximum atomic E-state index is 13.5. The van der Waals surface area contributed by atoms with Crippen molar-refractivity contribution in [1.29, 1.82) is 0 Å². The van der Waals surface area contributed by atoms with Gasteiger partial charge >= 0.3 is 0 Å².